The third kappa shape index (κ3) is 6.52. The number of hydrogen-bond donors (Lipinski definition) is 2. The summed E-state index contributed by atoms with van der Waals surface area (Å²) in [4.78, 5) is 13.7. The van der Waals surface area contributed by atoms with Crippen LogP contribution in [0.5, 0.6) is 0 Å². The molecule has 0 spiro atoms. The zero-order chi connectivity index (χ0) is 20.9. The van der Waals surface area contributed by atoms with E-state index in [-0.39, 0.29) is 16.6 Å². The first kappa shape index (κ1) is 21.2. The Bertz CT molecular complexity index is 1100. The molecule has 1 amide bonds. The number of nitrogens with one attached hydrogen (secondary N) is 2. The number of benzene rings is 3. The summed E-state index contributed by atoms with van der Waals surface area (Å²) in [6.07, 6.45) is 1.03. The number of hydrogen-bond acceptors (Lipinski definition) is 4. The molecule has 3 rings (SSSR count). The van der Waals surface area contributed by atoms with Crippen molar-refractivity contribution in [2.75, 3.05) is 16.3 Å². The lowest BCUT2D eigenvalue weighted by molar-refractivity contribution is 0.102. The van der Waals surface area contributed by atoms with Crippen molar-refractivity contribution in [3.8, 4) is 0 Å². The summed E-state index contributed by atoms with van der Waals surface area (Å²) in [5.74, 6) is 0.507. The van der Waals surface area contributed by atoms with Gasteiger partial charge in [0.05, 0.1) is 17.0 Å². The molecule has 0 radical (unpaired) electrons. The smallest absolute Gasteiger partial charge is 0.255 e. The lowest BCUT2D eigenvalue weighted by Crippen LogP contribution is -2.13. The van der Waals surface area contributed by atoms with Crippen molar-refractivity contribution in [2.24, 2.45) is 0 Å². The van der Waals surface area contributed by atoms with Crippen LogP contribution in [0.4, 0.5) is 11.4 Å². The molecule has 150 valence electrons. The predicted octanol–water partition coefficient (Wildman–Crippen LogP) is 5.26. The van der Waals surface area contributed by atoms with E-state index < -0.39 is 10.0 Å². The molecule has 0 atom stereocenters. The van der Waals surface area contributed by atoms with Crippen LogP contribution in [0.25, 0.3) is 0 Å². The Morgan fingerprint density at radius 1 is 1.00 bits per heavy atom. The minimum absolute atomic E-state index is 0.149. The van der Waals surface area contributed by atoms with Crippen LogP contribution in [0.15, 0.2) is 77.7 Å². The van der Waals surface area contributed by atoms with Gasteiger partial charge in [-0.15, -0.1) is 11.8 Å². The van der Waals surface area contributed by atoms with Crippen molar-refractivity contribution in [3.05, 3.63) is 88.9 Å². The molecule has 0 aromatic heterocycles. The number of thioether (sulfide) groups is 1. The van der Waals surface area contributed by atoms with Crippen LogP contribution in [-0.2, 0) is 15.8 Å². The highest BCUT2D eigenvalue weighted by atomic mass is 35.5. The molecular formula is C21H19ClN2O3S2. The first-order valence-electron chi connectivity index (χ1n) is 8.66. The molecule has 0 aliphatic heterocycles. The maximum absolute atomic E-state index is 12.4. The average Bonchev–Trinajstić information content (AvgIpc) is 2.69. The van der Waals surface area contributed by atoms with E-state index in [1.54, 1.807) is 11.8 Å². The minimum atomic E-state index is -3.44. The fraction of sp³-hybridized carbons (Fsp3) is 0.0952. The van der Waals surface area contributed by atoms with Gasteiger partial charge in [-0.1, -0.05) is 41.9 Å². The zero-order valence-corrected chi connectivity index (χ0v) is 17.9. The number of carbonyl (C=O) groups is 1. The Morgan fingerprint density at radius 3 is 2.31 bits per heavy atom. The molecule has 0 saturated carbocycles. The van der Waals surface area contributed by atoms with Gasteiger partial charge >= 0.3 is 0 Å². The van der Waals surface area contributed by atoms with Gasteiger partial charge in [-0.2, -0.15) is 0 Å². The van der Waals surface area contributed by atoms with Crippen LogP contribution < -0.4 is 10.0 Å². The molecule has 3 aromatic carbocycles. The number of sulfonamides is 1. The van der Waals surface area contributed by atoms with Gasteiger partial charge in [0.2, 0.25) is 10.0 Å². The van der Waals surface area contributed by atoms with E-state index in [0.29, 0.717) is 11.3 Å². The van der Waals surface area contributed by atoms with Crippen LogP contribution in [-0.4, -0.2) is 20.6 Å². The monoisotopic (exact) mass is 446 g/mol. The molecule has 0 fully saturated rings. The highest BCUT2D eigenvalue weighted by Crippen LogP contribution is 2.25. The van der Waals surface area contributed by atoms with E-state index in [2.05, 4.69) is 22.2 Å². The second kappa shape index (κ2) is 9.35. The molecule has 0 aliphatic carbocycles. The maximum atomic E-state index is 12.4. The van der Waals surface area contributed by atoms with Crippen molar-refractivity contribution in [3.63, 3.8) is 0 Å². The summed E-state index contributed by atoms with van der Waals surface area (Å²) in [6, 6.07) is 22.2. The topological polar surface area (TPSA) is 75.3 Å². The fourth-order valence-electron chi connectivity index (χ4n) is 2.51. The van der Waals surface area contributed by atoms with Gasteiger partial charge in [-0.05, 0) is 48.0 Å². The van der Waals surface area contributed by atoms with Gasteiger partial charge in [-0.25, -0.2) is 8.42 Å². The Labute approximate surface area is 179 Å². The quantitative estimate of drug-likeness (QED) is 0.485. The first-order valence-corrected chi connectivity index (χ1v) is 11.9. The average molecular weight is 447 g/mol. The largest absolute Gasteiger partial charge is 0.322 e. The van der Waals surface area contributed by atoms with Crippen LogP contribution in [0.3, 0.4) is 0 Å². The molecule has 3 aromatic rings. The molecule has 0 bridgehead atoms. The summed E-state index contributed by atoms with van der Waals surface area (Å²) in [6.45, 7) is 0. The van der Waals surface area contributed by atoms with E-state index in [1.165, 1.54) is 23.1 Å². The minimum Gasteiger partial charge on any atom is -0.322 e. The van der Waals surface area contributed by atoms with Crippen LogP contribution in [0.2, 0.25) is 5.02 Å². The Hall–Kier alpha value is -2.48. The third-order valence-electron chi connectivity index (χ3n) is 3.89. The van der Waals surface area contributed by atoms with Gasteiger partial charge in [0.1, 0.15) is 0 Å². The van der Waals surface area contributed by atoms with Crippen LogP contribution in [0.1, 0.15) is 15.9 Å². The van der Waals surface area contributed by atoms with E-state index in [1.807, 2.05) is 42.5 Å². The molecule has 0 aliphatic rings. The Balaban J connectivity index is 1.61. The summed E-state index contributed by atoms with van der Waals surface area (Å²) < 4.78 is 24.9. The normalized spacial score (nSPS) is 11.1. The van der Waals surface area contributed by atoms with E-state index >= 15 is 0 Å². The molecule has 29 heavy (non-hydrogen) atoms. The van der Waals surface area contributed by atoms with E-state index in [0.717, 1.165) is 17.6 Å². The highest BCUT2D eigenvalue weighted by Gasteiger charge is 2.11. The number of halogens is 1. The summed E-state index contributed by atoms with van der Waals surface area (Å²) in [5.41, 5.74) is 2.37. The van der Waals surface area contributed by atoms with Gasteiger partial charge < -0.3 is 5.32 Å². The van der Waals surface area contributed by atoms with Crippen LogP contribution in [0, 0.1) is 0 Å². The van der Waals surface area contributed by atoms with E-state index in [9.17, 15) is 13.2 Å². The van der Waals surface area contributed by atoms with Gasteiger partial charge in [0.25, 0.3) is 5.91 Å². The second-order valence-electron chi connectivity index (χ2n) is 6.32. The maximum Gasteiger partial charge on any atom is 0.255 e. The molecular weight excluding hydrogens is 428 g/mol. The molecule has 0 saturated heterocycles. The number of carbonyl (C=O) groups excluding carboxylic acids is 1. The van der Waals surface area contributed by atoms with Crippen molar-refractivity contribution in [1.82, 2.24) is 0 Å². The highest BCUT2D eigenvalue weighted by molar-refractivity contribution is 7.98. The van der Waals surface area contributed by atoms with Gasteiger partial charge in [-0.3, -0.25) is 9.52 Å². The molecule has 0 unspecified atom stereocenters. The molecule has 8 heteroatoms. The molecule has 0 heterocycles. The molecule has 2 N–H and O–H groups in total. The fourth-order valence-corrected chi connectivity index (χ4v) is 4.25. The number of anilines is 2. The number of amides is 1. The van der Waals surface area contributed by atoms with Crippen molar-refractivity contribution < 1.29 is 13.2 Å². The Morgan fingerprint density at radius 2 is 1.69 bits per heavy atom. The lowest BCUT2D eigenvalue weighted by Gasteiger charge is -2.10. The van der Waals surface area contributed by atoms with Crippen molar-refractivity contribution in [1.29, 1.82) is 0 Å². The third-order valence-corrected chi connectivity index (χ3v) is 5.87. The summed E-state index contributed by atoms with van der Waals surface area (Å²) >= 11 is 7.83. The molecule has 5 nitrogen and oxygen atoms in total. The van der Waals surface area contributed by atoms with Gasteiger partial charge in [0.15, 0.2) is 0 Å². The lowest BCUT2D eigenvalue weighted by atomic mass is 10.2. The zero-order valence-electron chi connectivity index (χ0n) is 15.6. The second-order valence-corrected chi connectivity index (χ2v) is 9.53. The number of rotatable bonds is 7. The van der Waals surface area contributed by atoms with Crippen molar-refractivity contribution in [2.45, 2.75) is 10.6 Å². The summed E-state index contributed by atoms with van der Waals surface area (Å²) in [5, 5.41) is 2.96. The predicted molar refractivity (Wildman–Crippen MR) is 120 cm³/mol. The standard InChI is InChI=1S/C21H19ClN2O3S2/c1-29(26,27)24-20-12-9-16(13-19(20)22)21(25)23-17-10-7-15(8-11-17)14-28-18-5-3-2-4-6-18/h2-13,24H,14H2,1H3,(H,23,25). The SMILES string of the molecule is CS(=O)(=O)Nc1ccc(C(=O)Nc2ccc(CSc3ccccc3)cc2)cc1Cl. The van der Waals surface area contributed by atoms with Gasteiger partial charge in [0, 0.05) is 21.9 Å². The first-order chi connectivity index (χ1) is 13.8. The Kier molecular flexibility index (Phi) is 6.84. The van der Waals surface area contributed by atoms with Crippen LogP contribution >= 0.6 is 23.4 Å². The van der Waals surface area contributed by atoms with Crippen molar-refractivity contribution >= 4 is 50.7 Å². The summed E-state index contributed by atoms with van der Waals surface area (Å²) in [7, 11) is -3.44. The van der Waals surface area contributed by atoms with E-state index in [4.69, 9.17) is 11.6 Å².